The third-order valence-corrected chi connectivity index (χ3v) is 4.29. The Labute approximate surface area is 141 Å². The van der Waals surface area contributed by atoms with Gasteiger partial charge in [-0.15, -0.1) is 11.3 Å². The Kier molecular flexibility index (Phi) is 4.54. The zero-order valence-electron chi connectivity index (χ0n) is 12.3. The van der Waals surface area contributed by atoms with E-state index in [0.29, 0.717) is 10.6 Å². The largest absolute Gasteiger partial charge is 0.497 e. The summed E-state index contributed by atoms with van der Waals surface area (Å²) in [5.41, 5.74) is 3.63. The first kappa shape index (κ1) is 15.4. The average molecular weight is 346 g/mol. The van der Waals surface area contributed by atoms with E-state index in [1.54, 1.807) is 7.11 Å². The summed E-state index contributed by atoms with van der Waals surface area (Å²) >= 11 is 6.71. The number of nitrogens with zero attached hydrogens (tertiary/aromatic N) is 2. The molecular formula is C15H14N4O2S2. The van der Waals surface area contributed by atoms with Gasteiger partial charge in [0.25, 0.3) is 0 Å². The Morgan fingerprint density at radius 2 is 2.30 bits per heavy atom. The first-order chi connectivity index (χ1) is 11.2. The molecule has 8 heteroatoms. The lowest BCUT2D eigenvalue weighted by Gasteiger charge is -2.08. The fourth-order valence-electron chi connectivity index (χ4n) is 2.10. The quantitative estimate of drug-likeness (QED) is 0.697. The van der Waals surface area contributed by atoms with Gasteiger partial charge in [0, 0.05) is 0 Å². The number of thiophene rings is 1. The highest BCUT2D eigenvalue weighted by molar-refractivity contribution is 7.71. The number of amides is 1. The second-order valence-electron chi connectivity index (χ2n) is 4.73. The van der Waals surface area contributed by atoms with Gasteiger partial charge in [0.15, 0.2) is 5.82 Å². The lowest BCUT2D eigenvalue weighted by molar-refractivity contribution is -0.116. The third kappa shape index (κ3) is 3.49. The number of aromatic nitrogens is 3. The van der Waals surface area contributed by atoms with Gasteiger partial charge in [-0.25, -0.2) is 9.77 Å². The molecule has 23 heavy (non-hydrogen) atoms. The Hall–Kier alpha value is -2.45. The van der Waals surface area contributed by atoms with Crippen LogP contribution in [0.5, 0.6) is 5.75 Å². The molecule has 0 aliphatic heterocycles. The van der Waals surface area contributed by atoms with E-state index in [-0.39, 0.29) is 12.3 Å². The number of H-pyrrole nitrogens is 1. The standard InChI is InChI=1S/C15H14N4O2S2/c1-21-11-5-2-4-10(8-11)9-13(20)18-19-14(16-17-15(19)22)12-6-3-7-23-12/h2-8H,9H2,1H3,(H,17,22)(H,18,20). The zero-order valence-corrected chi connectivity index (χ0v) is 13.9. The van der Waals surface area contributed by atoms with Crippen LogP contribution in [0.15, 0.2) is 41.8 Å². The first-order valence-electron chi connectivity index (χ1n) is 6.81. The number of rotatable bonds is 5. The molecule has 0 unspecified atom stereocenters. The van der Waals surface area contributed by atoms with Gasteiger partial charge < -0.3 is 4.74 Å². The molecule has 0 spiro atoms. The molecule has 0 radical (unpaired) electrons. The maximum absolute atomic E-state index is 12.3. The van der Waals surface area contributed by atoms with Gasteiger partial charge in [0.2, 0.25) is 10.7 Å². The van der Waals surface area contributed by atoms with E-state index in [9.17, 15) is 4.79 Å². The molecule has 0 saturated heterocycles. The van der Waals surface area contributed by atoms with E-state index in [1.807, 2.05) is 41.8 Å². The van der Waals surface area contributed by atoms with E-state index in [2.05, 4.69) is 15.6 Å². The van der Waals surface area contributed by atoms with Crippen molar-refractivity contribution >= 4 is 29.5 Å². The molecule has 0 fully saturated rings. The van der Waals surface area contributed by atoms with Crippen LogP contribution in [0.4, 0.5) is 0 Å². The number of nitrogens with one attached hydrogen (secondary N) is 2. The lowest BCUT2D eigenvalue weighted by atomic mass is 10.1. The highest BCUT2D eigenvalue weighted by atomic mass is 32.1. The van der Waals surface area contributed by atoms with Crippen molar-refractivity contribution in [2.75, 3.05) is 12.5 Å². The fourth-order valence-corrected chi connectivity index (χ4v) is 2.98. The molecule has 3 rings (SSSR count). The maximum Gasteiger partial charge on any atom is 0.243 e. The summed E-state index contributed by atoms with van der Waals surface area (Å²) in [5, 5.41) is 8.81. The minimum Gasteiger partial charge on any atom is -0.497 e. The van der Waals surface area contributed by atoms with Crippen LogP contribution in [-0.4, -0.2) is 27.9 Å². The average Bonchev–Trinajstić information content (AvgIpc) is 3.18. The number of carbonyl (C=O) groups is 1. The number of ether oxygens (including phenoxy) is 1. The summed E-state index contributed by atoms with van der Waals surface area (Å²) in [5.74, 6) is 1.12. The topological polar surface area (TPSA) is 71.9 Å². The predicted molar refractivity (Wildman–Crippen MR) is 91.8 cm³/mol. The number of hydrogen-bond donors (Lipinski definition) is 2. The van der Waals surface area contributed by atoms with Crippen molar-refractivity contribution < 1.29 is 9.53 Å². The molecule has 0 atom stereocenters. The monoisotopic (exact) mass is 346 g/mol. The van der Waals surface area contributed by atoms with Crippen molar-refractivity contribution in [3.63, 3.8) is 0 Å². The van der Waals surface area contributed by atoms with Gasteiger partial charge in [0.05, 0.1) is 18.4 Å². The number of hydrogen-bond acceptors (Lipinski definition) is 5. The van der Waals surface area contributed by atoms with E-state index in [1.165, 1.54) is 16.0 Å². The number of aromatic amines is 1. The lowest BCUT2D eigenvalue weighted by Crippen LogP contribution is -2.25. The Balaban J connectivity index is 1.78. The Bertz CT molecular complexity index is 868. The molecule has 0 bridgehead atoms. The van der Waals surface area contributed by atoms with Gasteiger partial charge >= 0.3 is 0 Å². The highest BCUT2D eigenvalue weighted by Gasteiger charge is 2.13. The van der Waals surface area contributed by atoms with Crippen LogP contribution >= 0.6 is 23.6 Å². The van der Waals surface area contributed by atoms with Crippen molar-refractivity contribution in [3.8, 4) is 16.5 Å². The van der Waals surface area contributed by atoms with E-state index in [0.717, 1.165) is 16.2 Å². The highest BCUT2D eigenvalue weighted by Crippen LogP contribution is 2.22. The molecule has 0 aliphatic rings. The maximum atomic E-state index is 12.3. The van der Waals surface area contributed by atoms with E-state index < -0.39 is 0 Å². The summed E-state index contributed by atoms with van der Waals surface area (Å²) in [4.78, 5) is 13.2. The van der Waals surface area contributed by atoms with Gasteiger partial charge in [0.1, 0.15) is 5.75 Å². The van der Waals surface area contributed by atoms with Crippen LogP contribution in [0.2, 0.25) is 0 Å². The van der Waals surface area contributed by atoms with Gasteiger partial charge in [-0.1, -0.05) is 18.2 Å². The minimum absolute atomic E-state index is 0.187. The Morgan fingerprint density at radius 1 is 1.43 bits per heavy atom. The summed E-state index contributed by atoms with van der Waals surface area (Å²) in [6, 6.07) is 11.2. The van der Waals surface area contributed by atoms with Crippen LogP contribution in [0.1, 0.15) is 5.56 Å². The molecule has 2 heterocycles. The normalized spacial score (nSPS) is 10.5. The van der Waals surface area contributed by atoms with Crippen LogP contribution in [0.3, 0.4) is 0 Å². The minimum atomic E-state index is -0.187. The van der Waals surface area contributed by atoms with Gasteiger partial charge in [-0.2, -0.15) is 5.10 Å². The summed E-state index contributed by atoms with van der Waals surface area (Å²) in [7, 11) is 1.59. The second kappa shape index (κ2) is 6.76. The molecule has 118 valence electrons. The fraction of sp³-hybridized carbons (Fsp3) is 0.133. The summed E-state index contributed by atoms with van der Waals surface area (Å²) in [6.45, 7) is 0. The molecule has 3 aromatic rings. The van der Waals surface area contributed by atoms with Crippen molar-refractivity contribution in [1.82, 2.24) is 14.9 Å². The number of benzene rings is 1. The van der Waals surface area contributed by atoms with Crippen LogP contribution in [0.25, 0.3) is 10.7 Å². The smallest absolute Gasteiger partial charge is 0.243 e. The van der Waals surface area contributed by atoms with Crippen LogP contribution < -0.4 is 10.2 Å². The third-order valence-electron chi connectivity index (χ3n) is 3.15. The van der Waals surface area contributed by atoms with Crippen molar-refractivity contribution in [1.29, 1.82) is 0 Å². The molecule has 2 N–H and O–H groups in total. The van der Waals surface area contributed by atoms with Gasteiger partial charge in [-0.05, 0) is 41.4 Å². The first-order valence-corrected chi connectivity index (χ1v) is 8.10. The van der Waals surface area contributed by atoms with Crippen molar-refractivity contribution in [2.45, 2.75) is 6.42 Å². The Morgan fingerprint density at radius 3 is 3.04 bits per heavy atom. The van der Waals surface area contributed by atoms with Crippen molar-refractivity contribution in [2.24, 2.45) is 0 Å². The number of carbonyl (C=O) groups excluding carboxylic acids is 1. The van der Waals surface area contributed by atoms with Gasteiger partial charge in [-0.3, -0.25) is 10.2 Å². The second-order valence-corrected chi connectivity index (χ2v) is 6.06. The van der Waals surface area contributed by atoms with E-state index in [4.69, 9.17) is 17.0 Å². The SMILES string of the molecule is COc1cccc(CC(=O)Nn2c(-c3cccs3)n[nH]c2=S)c1. The number of methoxy groups -OCH3 is 1. The summed E-state index contributed by atoms with van der Waals surface area (Å²) in [6.07, 6.45) is 0.216. The van der Waals surface area contributed by atoms with Crippen molar-refractivity contribution in [3.05, 3.63) is 52.1 Å². The summed E-state index contributed by atoms with van der Waals surface area (Å²) < 4.78 is 6.99. The molecule has 1 aromatic carbocycles. The molecular weight excluding hydrogens is 332 g/mol. The molecule has 0 aliphatic carbocycles. The molecule has 1 amide bonds. The van der Waals surface area contributed by atoms with Crippen LogP contribution in [0, 0.1) is 4.77 Å². The van der Waals surface area contributed by atoms with E-state index >= 15 is 0 Å². The zero-order chi connectivity index (χ0) is 16.2. The van der Waals surface area contributed by atoms with Crippen LogP contribution in [-0.2, 0) is 11.2 Å². The molecule has 6 nitrogen and oxygen atoms in total. The molecule has 2 aromatic heterocycles. The molecule has 0 saturated carbocycles. The predicted octanol–water partition coefficient (Wildman–Crippen LogP) is 2.99.